The maximum atomic E-state index is 13.4. The molecule has 1 amide bonds. The van der Waals surface area contributed by atoms with Crippen molar-refractivity contribution in [2.24, 2.45) is 11.8 Å². The first-order valence-electron chi connectivity index (χ1n) is 11.4. The van der Waals surface area contributed by atoms with E-state index in [9.17, 15) is 14.4 Å². The van der Waals surface area contributed by atoms with Gasteiger partial charge in [-0.2, -0.15) is 0 Å². The molecule has 1 N–H and O–H groups in total. The highest BCUT2D eigenvalue weighted by molar-refractivity contribution is 6.07. The lowest BCUT2D eigenvalue weighted by Gasteiger charge is -2.50. The molecule has 32 heavy (non-hydrogen) atoms. The zero-order valence-electron chi connectivity index (χ0n) is 19.2. The third-order valence-electron chi connectivity index (χ3n) is 7.74. The molecule has 5 atom stereocenters. The number of amides is 1. The van der Waals surface area contributed by atoms with E-state index in [1.54, 1.807) is 6.92 Å². The van der Waals surface area contributed by atoms with Gasteiger partial charge >= 0.3 is 5.97 Å². The van der Waals surface area contributed by atoms with Crippen LogP contribution in [-0.2, 0) is 29.3 Å². The molecule has 7 nitrogen and oxygen atoms in total. The summed E-state index contributed by atoms with van der Waals surface area (Å²) in [6.07, 6.45) is 3.99. The Morgan fingerprint density at radius 2 is 2.03 bits per heavy atom. The van der Waals surface area contributed by atoms with Crippen LogP contribution < -0.4 is 5.32 Å². The van der Waals surface area contributed by atoms with Gasteiger partial charge in [-0.3, -0.25) is 14.5 Å². The van der Waals surface area contributed by atoms with Crippen LogP contribution in [0, 0.1) is 11.8 Å². The van der Waals surface area contributed by atoms with Gasteiger partial charge in [0.05, 0.1) is 31.5 Å². The Balaban J connectivity index is 1.83. The third-order valence-corrected chi connectivity index (χ3v) is 7.74. The summed E-state index contributed by atoms with van der Waals surface area (Å²) < 4.78 is 10.4. The maximum Gasteiger partial charge on any atom is 0.337 e. The number of Topliss-reactive ketones (excluding diaryl/α,β-unsaturated/α-hetero) is 1. The number of benzene rings is 1. The van der Waals surface area contributed by atoms with Gasteiger partial charge in [-0.1, -0.05) is 31.5 Å². The number of piperidine rings is 1. The van der Waals surface area contributed by atoms with Gasteiger partial charge in [-0.25, -0.2) is 4.79 Å². The molecule has 0 radical (unpaired) electrons. The SMILES string of the molecule is CC[C@@H]1[C@@H](/C(=C\OC)C(=O)OC)C[C@@H]2N(CC[C@@]23C(=O)Nc2ccccc23)[C@H]1CC(C)=O. The van der Waals surface area contributed by atoms with Gasteiger partial charge in [0.15, 0.2) is 0 Å². The smallest absolute Gasteiger partial charge is 0.337 e. The number of hydrogen-bond donors (Lipinski definition) is 1. The van der Waals surface area contributed by atoms with Crippen LogP contribution in [0.1, 0.15) is 45.1 Å². The minimum atomic E-state index is -0.684. The van der Waals surface area contributed by atoms with E-state index in [0.29, 0.717) is 24.8 Å². The minimum Gasteiger partial charge on any atom is -0.504 e. The Hall–Kier alpha value is -2.67. The molecule has 7 heteroatoms. The van der Waals surface area contributed by atoms with E-state index in [2.05, 4.69) is 17.1 Å². The van der Waals surface area contributed by atoms with E-state index in [1.165, 1.54) is 20.5 Å². The number of carbonyl (C=O) groups excluding carboxylic acids is 3. The maximum absolute atomic E-state index is 13.4. The summed E-state index contributed by atoms with van der Waals surface area (Å²) in [7, 11) is 2.89. The predicted molar refractivity (Wildman–Crippen MR) is 120 cm³/mol. The number of esters is 1. The van der Waals surface area contributed by atoms with Crippen molar-refractivity contribution in [3.8, 4) is 0 Å². The van der Waals surface area contributed by atoms with Gasteiger partial charge in [0.25, 0.3) is 0 Å². The lowest BCUT2D eigenvalue weighted by molar-refractivity contribution is -0.137. The Bertz CT molecular complexity index is 957. The van der Waals surface area contributed by atoms with Gasteiger partial charge in [0, 0.05) is 30.7 Å². The molecule has 1 aromatic carbocycles. The Labute approximate surface area is 189 Å². The van der Waals surface area contributed by atoms with Crippen molar-refractivity contribution in [3.63, 3.8) is 0 Å². The van der Waals surface area contributed by atoms with Crippen molar-refractivity contribution in [1.82, 2.24) is 4.90 Å². The summed E-state index contributed by atoms with van der Waals surface area (Å²) in [5.74, 6) is -0.398. The Morgan fingerprint density at radius 1 is 1.28 bits per heavy atom. The minimum absolute atomic E-state index is 0.0109. The van der Waals surface area contributed by atoms with E-state index >= 15 is 0 Å². The third kappa shape index (κ3) is 3.34. The van der Waals surface area contributed by atoms with Crippen LogP contribution in [0.2, 0.25) is 0 Å². The first-order chi connectivity index (χ1) is 15.4. The summed E-state index contributed by atoms with van der Waals surface area (Å²) in [4.78, 5) is 40.8. The van der Waals surface area contributed by atoms with E-state index in [1.807, 2.05) is 24.3 Å². The molecule has 0 unspecified atom stereocenters. The number of methoxy groups -OCH3 is 2. The molecule has 0 aromatic heterocycles. The van der Waals surface area contributed by atoms with Gasteiger partial charge in [-0.15, -0.1) is 0 Å². The van der Waals surface area contributed by atoms with Crippen LogP contribution in [-0.4, -0.2) is 55.4 Å². The number of anilines is 1. The van der Waals surface area contributed by atoms with E-state index in [0.717, 1.165) is 24.2 Å². The number of ketones is 1. The number of rotatable bonds is 6. The first-order valence-corrected chi connectivity index (χ1v) is 11.4. The molecule has 1 spiro atoms. The van der Waals surface area contributed by atoms with Crippen LogP contribution >= 0.6 is 0 Å². The summed E-state index contributed by atoms with van der Waals surface area (Å²) in [5, 5.41) is 3.08. The summed E-state index contributed by atoms with van der Waals surface area (Å²) in [5.41, 5.74) is 1.67. The van der Waals surface area contributed by atoms with E-state index < -0.39 is 11.4 Å². The van der Waals surface area contributed by atoms with Crippen LogP contribution in [0.15, 0.2) is 36.1 Å². The molecule has 0 saturated carbocycles. The first kappa shape index (κ1) is 22.5. The molecule has 3 heterocycles. The molecule has 2 saturated heterocycles. The van der Waals surface area contributed by atoms with Gasteiger partial charge in [-0.05, 0) is 43.2 Å². The fraction of sp³-hybridized carbons (Fsp3) is 0.560. The van der Waals surface area contributed by atoms with Gasteiger partial charge < -0.3 is 14.8 Å². The van der Waals surface area contributed by atoms with Crippen molar-refractivity contribution in [3.05, 3.63) is 41.7 Å². The fourth-order valence-electron chi connectivity index (χ4n) is 6.50. The number of para-hydroxylation sites is 1. The quantitative estimate of drug-likeness (QED) is 0.416. The Kier molecular flexibility index (Phi) is 6.12. The zero-order chi connectivity index (χ0) is 23.0. The molecule has 2 fully saturated rings. The molecular formula is C25H32N2O5. The topological polar surface area (TPSA) is 84.9 Å². The average Bonchev–Trinajstić information content (AvgIpc) is 3.30. The molecule has 3 aliphatic rings. The Morgan fingerprint density at radius 3 is 2.69 bits per heavy atom. The predicted octanol–water partition coefficient (Wildman–Crippen LogP) is 3.05. The summed E-state index contributed by atoms with van der Waals surface area (Å²) in [6, 6.07) is 7.70. The summed E-state index contributed by atoms with van der Waals surface area (Å²) >= 11 is 0. The molecule has 4 rings (SSSR count). The molecule has 3 aliphatic heterocycles. The van der Waals surface area contributed by atoms with Crippen molar-refractivity contribution in [1.29, 1.82) is 0 Å². The molecule has 0 bridgehead atoms. The standard InChI is InChI=1S/C25H32N2O5/c1-5-16-17(18(14-31-3)23(29)32-4)13-22-25(10-11-27(22)21(16)12-15(2)28)19-8-6-7-9-20(19)26-24(25)30/h6-9,14,16-17,21-22H,5,10-13H2,1-4H3,(H,26,30)/b18-14+/t16-,17+,21+,22+,25+/m1/s1. The van der Waals surface area contributed by atoms with Crippen molar-refractivity contribution in [2.75, 3.05) is 26.1 Å². The highest BCUT2D eigenvalue weighted by atomic mass is 16.5. The van der Waals surface area contributed by atoms with E-state index in [-0.39, 0.29) is 35.6 Å². The van der Waals surface area contributed by atoms with Crippen LogP contribution in [0.3, 0.4) is 0 Å². The molecular weight excluding hydrogens is 408 g/mol. The van der Waals surface area contributed by atoms with Crippen LogP contribution in [0.25, 0.3) is 0 Å². The number of nitrogens with one attached hydrogen (secondary N) is 1. The average molecular weight is 441 g/mol. The second-order valence-electron chi connectivity index (χ2n) is 9.16. The zero-order valence-corrected chi connectivity index (χ0v) is 19.2. The van der Waals surface area contributed by atoms with Crippen LogP contribution in [0.4, 0.5) is 5.69 Å². The van der Waals surface area contributed by atoms with Crippen molar-refractivity contribution >= 4 is 23.3 Å². The van der Waals surface area contributed by atoms with Gasteiger partial charge in [0.2, 0.25) is 5.91 Å². The number of hydrogen-bond acceptors (Lipinski definition) is 6. The molecule has 0 aliphatic carbocycles. The molecule has 172 valence electrons. The number of ether oxygens (including phenoxy) is 2. The number of fused-ring (bicyclic) bond motifs is 4. The van der Waals surface area contributed by atoms with Crippen LogP contribution in [0.5, 0.6) is 0 Å². The largest absolute Gasteiger partial charge is 0.504 e. The van der Waals surface area contributed by atoms with Crippen molar-refractivity contribution in [2.45, 2.75) is 57.0 Å². The van der Waals surface area contributed by atoms with Gasteiger partial charge in [0.1, 0.15) is 5.78 Å². The lowest BCUT2D eigenvalue weighted by Crippen LogP contribution is -2.58. The number of carbonyl (C=O) groups is 3. The second kappa shape index (κ2) is 8.70. The fourth-order valence-corrected chi connectivity index (χ4v) is 6.50. The molecule has 1 aromatic rings. The highest BCUT2D eigenvalue weighted by Crippen LogP contribution is 2.55. The highest BCUT2D eigenvalue weighted by Gasteiger charge is 2.62. The monoisotopic (exact) mass is 440 g/mol. The second-order valence-corrected chi connectivity index (χ2v) is 9.16. The van der Waals surface area contributed by atoms with Crippen molar-refractivity contribution < 1.29 is 23.9 Å². The summed E-state index contributed by atoms with van der Waals surface area (Å²) in [6.45, 7) is 4.45. The normalized spacial score (nSPS) is 31.8. The number of nitrogens with zero attached hydrogens (tertiary/aromatic N) is 1. The lowest BCUT2D eigenvalue weighted by atomic mass is 9.65. The van der Waals surface area contributed by atoms with E-state index in [4.69, 9.17) is 9.47 Å².